The normalized spacial score (nSPS) is 10.4. The highest BCUT2D eigenvalue weighted by atomic mass is 16.5. The van der Waals surface area contributed by atoms with Crippen LogP contribution in [0, 0.1) is 0 Å². The smallest absolute Gasteiger partial charge is 0.247 e. The molecule has 0 heterocycles. The molecule has 0 unspecified atom stereocenters. The first kappa shape index (κ1) is 13.5. The highest BCUT2D eigenvalue weighted by molar-refractivity contribution is 5.88. The van der Waals surface area contributed by atoms with Crippen LogP contribution in [-0.2, 0) is 4.79 Å². The number of carbonyl (C=O) groups is 1. The van der Waals surface area contributed by atoms with Gasteiger partial charge in [-0.15, -0.1) is 0 Å². The Morgan fingerprint density at radius 1 is 1.29 bits per heavy atom. The third kappa shape index (κ3) is 4.42. The number of likely N-dealkylation sites (N-methyl/N-ethyl adjacent to an activating group) is 1. The maximum Gasteiger partial charge on any atom is 0.247 e. The van der Waals surface area contributed by atoms with Crippen molar-refractivity contribution in [2.24, 2.45) is 0 Å². The molecule has 0 radical (unpaired) electrons. The van der Waals surface area contributed by atoms with Crippen molar-refractivity contribution in [1.29, 1.82) is 0 Å². The Hall–Kier alpha value is -1.59. The maximum atomic E-state index is 10.9. The average molecular weight is 238 g/mol. The van der Waals surface area contributed by atoms with E-state index in [9.17, 15) is 10.0 Å². The fourth-order valence-corrected chi connectivity index (χ4v) is 1.21. The zero-order valence-electron chi connectivity index (χ0n) is 10.4. The molecule has 17 heavy (non-hydrogen) atoms. The topological polar surface area (TPSA) is 53.0 Å². The lowest BCUT2D eigenvalue weighted by molar-refractivity contribution is -0.121. The Kier molecular flexibility index (Phi) is 4.93. The first-order chi connectivity index (χ1) is 8.00. The van der Waals surface area contributed by atoms with Crippen LogP contribution in [0.1, 0.15) is 6.92 Å². The van der Waals surface area contributed by atoms with Crippen molar-refractivity contribution in [3.8, 4) is 5.75 Å². The molecule has 1 amide bonds. The van der Waals surface area contributed by atoms with E-state index in [4.69, 9.17) is 4.74 Å². The van der Waals surface area contributed by atoms with Crippen LogP contribution >= 0.6 is 0 Å². The average Bonchev–Trinajstić information content (AvgIpc) is 2.28. The summed E-state index contributed by atoms with van der Waals surface area (Å²) in [6, 6.07) is 6.70. The number of ether oxygens (including phenoxy) is 1. The van der Waals surface area contributed by atoms with Gasteiger partial charge in [0.2, 0.25) is 5.91 Å². The lowest BCUT2D eigenvalue weighted by Crippen LogP contribution is -2.23. The van der Waals surface area contributed by atoms with Gasteiger partial charge in [0.15, 0.2) is 0 Å². The van der Waals surface area contributed by atoms with Gasteiger partial charge in [-0.2, -0.15) is 5.06 Å². The van der Waals surface area contributed by atoms with Crippen LogP contribution < -0.4 is 9.80 Å². The molecule has 94 valence electrons. The van der Waals surface area contributed by atoms with Gasteiger partial charge in [-0.25, -0.2) is 0 Å². The minimum Gasteiger partial charge on any atom is -0.492 e. The van der Waals surface area contributed by atoms with Gasteiger partial charge in [0.05, 0.1) is 5.69 Å². The van der Waals surface area contributed by atoms with Crippen molar-refractivity contribution >= 4 is 11.6 Å². The van der Waals surface area contributed by atoms with Gasteiger partial charge < -0.3 is 9.64 Å². The van der Waals surface area contributed by atoms with Gasteiger partial charge in [0.25, 0.3) is 0 Å². The van der Waals surface area contributed by atoms with Crippen LogP contribution in [0.3, 0.4) is 0 Å². The zero-order chi connectivity index (χ0) is 12.8. The number of nitrogens with zero attached hydrogens (tertiary/aromatic N) is 2. The van der Waals surface area contributed by atoms with E-state index >= 15 is 0 Å². The predicted molar refractivity (Wildman–Crippen MR) is 65.4 cm³/mol. The van der Waals surface area contributed by atoms with Crippen LogP contribution in [0.2, 0.25) is 0 Å². The molecule has 0 fully saturated rings. The lowest BCUT2D eigenvalue weighted by atomic mass is 10.3. The second-order valence-electron chi connectivity index (χ2n) is 3.98. The van der Waals surface area contributed by atoms with E-state index in [1.807, 2.05) is 19.0 Å². The van der Waals surface area contributed by atoms with E-state index in [1.165, 1.54) is 6.92 Å². The van der Waals surface area contributed by atoms with E-state index in [2.05, 4.69) is 0 Å². The Bertz CT molecular complexity index is 363. The van der Waals surface area contributed by atoms with Gasteiger partial charge in [-0.1, -0.05) is 0 Å². The minimum atomic E-state index is -0.425. The van der Waals surface area contributed by atoms with Crippen molar-refractivity contribution in [1.82, 2.24) is 4.90 Å². The zero-order valence-corrected chi connectivity index (χ0v) is 10.4. The molecular formula is C12H18N2O3. The summed E-state index contributed by atoms with van der Waals surface area (Å²) in [5, 5.41) is 9.97. The van der Waals surface area contributed by atoms with Gasteiger partial charge in [-0.05, 0) is 38.4 Å². The summed E-state index contributed by atoms with van der Waals surface area (Å²) >= 11 is 0. The molecule has 0 aliphatic heterocycles. The molecule has 1 aromatic carbocycles. The number of hydrogen-bond donors (Lipinski definition) is 1. The Labute approximate surface area is 101 Å². The molecule has 5 nitrogen and oxygen atoms in total. The fraction of sp³-hybridized carbons (Fsp3) is 0.417. The van der Waals surface area contributed by atoms with Crippen molar-refractivity contribution < 1.29 is 14.7 Å². The standard InChI is InChI=1S/C12H18N2O3/c1-10(15)14(16)11-4-6-12(7-5-11)17-9-8-13(2)3/h4-7,16H,8-9H2,1-3H3. The third-order valence-electron chi connectivity index (χ3n) is 2.19. The number of carbonyl (C=O) groups excluding carboxylic acids is 1. The quantitative estimate of drug-likeness (QED) is 0.622. The molecule has 0 aromatic heterocycles. The molecule has 0 aliphatic rings. The molecule has 0 atom stereocenters. The van der Waals surface area contributed by atoms with Gasteiger partial charge in [0, 0.05) is 13.5 Å². The number of hydroxylamine groups is 1. The number of anilines is 1. The number of hydrogen-bond acceptors (Lipinski definition) is 4. The molecule has 0 aliphatic carbocycles. The van der Waals surface area contributed by atoms with Crippen LogP contribution in [0.5, 0.6) is 5.75 Å². The molecule has 1 N–H and O–H groups in total. The lowest BCUT2D eigenvalue weighted by Gasteiger charge is -2.14. The van der Waals surface area contributed by atoms with Gasteiger partial charge in [0.1, 0.15) is 12.4 Å². The summed E-state index contributed by atoms with van der Waals surface area (Å²) in [6.45, 7) is 2.73. The van der Waals surface area contributed by atoms with E-state index in [-0.39, 0.29) is 0 Å². The summed E-state index contributed by atoms with van der Waals surface area (Å²) in [5.41, 5.74) is 0.428. The fourth-order valence-electron chi connectivity index (χ4n) is 1.21. The molecule has 1 rings (SSSR count). The van der Waals surface area contributed by atoms with E-state index in [0.717, 1.165) is 6.54 Å². The summed E-state index contributed by atoms with van der Waals surface area (Å²) in [5.74, 6) is 0.291. The van der Waals surface area contributed by atoms with Crippen LogP contribution in [-0.4, -0.2) is 43.3 Å². The highest BCUT2D eigenvalue weighted by Gasteiger charge is 2.07. The SMILES string of the molecule is CC(=O)N(O)c1ccc(OCCN(C)C)cc1. The van der Waals surface area contributed by atoms with Gasteiger partial charge in [-0.3, -0.25) is 10.0 Å². The molecular weight excluding hydrogens is 220 g/mol. The molecule has 1 aromatic rings. The predicted octanol–water partition coefficient (Wildman–Crippen LogP) is 1.37. The summed E-state index contributed by atoms with van der Waals surface area (Å²) in [4.78, 5) is 12.9. The van der Waals surface area contributed by atoms with Crippen LogP contribution in [0.25, 0.3) is 0 Å². The number of benzene rings is 1. The first-order valence-corrected chi connectivity index (χ1v) is 5.38. The Balaban J connectivity index is 2.53. The molecule has 0 saturated carbocycles. The monoisotopic (exact) mass is 238 g/mol. The maximum absolute atomic E-state index is 10.9. The second kappa shape index (κ2) is 6.22. The van der Waals surface area contributed by atoms with E-state index in [1.54, 1.807) is 24.3 Å². The largest absolute Gasteiger partial charge is 0.492 e. The number of amides is 1. The summed E-state index contributed by atoms with van der Waals surface area (Å²) in [7, 11) is 3.95. The third-order valence-corrected chi connectivity index (χ3v) is 2.19. The number of rotatable bonds is 5. The van der Waals surface area contributed by atoms with Crippen molar-refractivity contribution in [2.45, 2.75) is 6.92 Å². The molecule has 0 saturated heterocycles. The Morgan fingerprint density at radius 3 is 2.35 bits per heavy atom. The Morgan fingerprint density at radius 2 is 1.88 bits per heavy atom. The van der Waals surface area contributed by atoms with Crippen LogP contribution in [0.15, 0.2) is 24.3 Å². The van der Waals surface area contributed by atoms with Crippen molar-refractivity contribution in [3.05, 3.63) is 24.3 Å². The van der Waals surface area contributed by atoms with Crippen molar-refractivity contribution in [3.63, 3.8) is 0 Å². The van der Waals surface area contributed by atoms with E-state index in [0.29, 0.717) is 23.1 Å². The first-order valence-electron chi connectivity index (χ1n) is 5.38. The van der Waals surface area contributed by atoms with E-state index < -0.39 is 5.91 Å². The summed E-state index contributed by atoms with van der Waals surface area (Å²) < 4.78 is 5.49. The highest BCUT2D eigenvalue weighted by Crippen LogP contribution is 2.18. The molecule has 0 spiro atoms. The summed E-state index contributed by atoms with van der Waals surface area (Å²) in [6.07, 6.45) is 0. The van der Waals surface area contributed by atoms with Crippen LogP contribution in [0.4, 0.5) is 5.69 Å². The van der Waals surface area contributed by atoms with Gasteiger partial charge >= 0.3 is 0 Å². The molecule has 0 bridgehead atoms. The minimum absolute atomic E-state index is 0.425. The van der Waals surface area contributed by atoms with Crippen molar-refractivity contribution in [2.75, 3.05) is 32.3 Å². The molecule has 5 heteroatoms. The second-order valence-corrected chi connectivity index (χ2v) is 3.98.